The monoisotopic (exact) mass is 924 g/mol. The van der Waals surface area contributed by atoms with Crippen LogP contribution in [0, 0.1) is 0 Å². The molecule has 0 atom stereocenters. The molecule has 14 aromatic rings. The quantitative estimate of drug-likeness (QED) is 0.119. The Morgan fingerprint density at radius 1 is 0.219 bits per heavy atom. The van der Waals surface area contributed by atoms with Gasteiger partial charge in [0.1, 0.15) is 0 Å². The van der Waals surface area contributed by atoms with Crippen molar-refractivity contribution in [2.75, 3.05) is 0 Å². The lowest BCUT2D eigenvalue weighted by atomic mass is 9.80. The fourth-order valence-electron chi connectivity index (χ4n) is 13.3. The summed E-state index contributed by atoms with van der Waals surface area (Å²) in [6.45, 7) is 4.75. The first-order valence-electron chi connectivity index (χ1n) is 25.7. The average Bonchev–Trinajstić information content (AvgIpc) is 3.68. The summed E-state index contributed by atoms with van der Waals surface area (Å²) in [6, 6.07) is 95.7. The lowest BCUT2D eigenvalue weighted by molar-refractivity contribution is 0.660. The van der Waals surface area contributed by atoms with E-state index in [-0.39, 0.29) is 5.41 Å². The maximum absolute atomic E-state index is 2.52. The standard InChI is InChI=1S/C73H48/c1-73(2)66-39-21-20-27-51(66)52-41-40-46(44-67(52)73)48-24-6-9-28-53(48)70-60-35-16-18-37-62(60)72(63-38-19-17-36-61(63)70)65-43-47-42-64(49-25-7-10-29-54(49)69(47)55-30-11-8-26-50(55)65)71-58-33-14-12-31-56(58)68(45-22-4-3-5-23-45)57-32-13-15-34-59(57)71/h3-44H,1-2H3. The molecule has 340 valence electrons. The van der Waals surface area contributed by atoms with Crippen molar-refractivity contribution in [2.45, 2.75) is 19.3 Å². The van der Waals surface area contributed by atoms with Crippen LogP contribution in [-0.2, 0) is 5.41 Å². The van der Waals surface area contributed by atoms with E-state index >= 15 is 0 Å². The normalized spacial score (nSPS) is 12.9. The molecule has 0 saturated heterocycles. The summed E-state index contributed by atoms with van der Waals surface area (Å²) in [7, 11) is 0. The van der Waals surface area contributed by atoms with Crippen LogP contribution in [0.4, 0.5) is 0 Å². The smallest absolute Gasteiger partial charge is 0.0159 e. The van der Waals surface area contributed by atoms with Crippen LogP contribution in [0.25, 0.3) is 142 Å². The number of benzene rings is 14. The van der Waals surface area contributed by atoms with Gasteiger partial charge in [-0.1, -0.05) is 250 Å². The minimum atomic E-state index is -0.0951. The summed E-state index contributed by atoms with van der Waals surface area (Å²) in [4.78, 5) is 0. The third kappa shape index (κ3) is 6.08. The van der Waals surface area contributed by atoms with Gasteiger partial charge in [-0.25, -0.2) is 0 Å². The Hall–Kier alpha value is -9.10. The van der Waals surface area contributed by atoms with E-state index in [0.717, 1.165) is 0 Å². The predicted molar refractivity (Wildman–Crippen MR) is 314 cm³/mol. The first-order chi connectivity index (χ1) is 36.0. The Morgan fingerprint density at radius 2 is 0.575 bits per heavy atom. The van der Waals surface area contributed by atoms with E-state index < -0.39 is 0 Å². The highest BCUT2D eigenvalue weighted by Crippen LogP contribution is 2.53. The largest absolute Gasteiger partial charge is 0.0622 e. The first-order valence-corrected chi connectivity index (χ1v) is 25.7. The van der Waals surface area contributed by atoms with Gasteiger partial charge in [-0.15, -0.1) is 0 Å². The molecular formula is C73H48. The molecule has 0 N–H and O–H groups in total. The number of fused-ring (bicyclic) bond motifs is 12. The molecule has 15 rings (SSSR count). The molecule has 0 nitrogen and oxygen atoms in total. The van der Waals surface area contributed by atoms with E-state index in [2.05, 4.69) is 269 Å². The van der Waals surface area contributed by atoms with Crippen LogP contribution in [0.15, 0.2) is 255 Å². The number of hydrogen-bond donors (Lipinski definition) is 0. The van der Waals surface area contributed by atoms with E-state index in [0.29, 0.717) is 0 Å². The molecule has 14 aromatic carbocycles. The Morgan fingerprint density at radius 3 is 1.07 bits per heavy atom. The van der Waals surface area contributed by atoms with E-state index in [4.69, 9.17) is 0 Å². The average molecular weight is 925 g/mol. The topological polar surface area (TPSA) is 0 Å². The molecule has 0 radical (unpaired) electrons. The molecule has 73 heavy (non-hydrogen) atoms. The molecule has 0 amide bonds. The first kappa shape index (κ1) is 41.7. The van der Waals surface area contributed by atoms with Gasteiger partial charge in [0.25, 0.3) is 0 Å². The Labute approximate surface area is 425 Å². The zero-order valence-electron chi connectivity index (χ0n) is 40.7. The van der Waals surface area contributed by atoms with Crippen LogP contribution in [0.5, 0.6) is 0 Å². The highest BCUT2D eigenvalue weighted by Gasteiger charge is 2.35. The van der Waals surface area contributed by atoms with Gasteiger partial charge in [-0.2, -0.15) is 0 Å². The third-order valence-corrected chi connectivity index (χ3v) is 16.4. The van der Waals surface area contributed by atoms with E-state index in [9.17, 15) is 0 Å². The van der Waals surface area contributed by atoms with Crippen molar-refractivity contribution in [1.82, 2.24) is 0 Å². The molecule has 1 aliphatic carbocycles. The molecule has 0 aromatic heterocycles. The third-order valence-electron chi connectivity index (χ3n) is 16.4. The maximum Gasteiger partial charge on any atom is 0.0159 e. The van der Waals surface area contributed by atoms with Crippen LogP contribution < -0.4 is 0 Å². The molecule has 0 bridgehead atoms. The highest BCUT2D eigenvalue weighted by molar-refractivity contribution is 6.32. The summed E-state index contributed by atoms with van der Waals surface area (Å²) >= 11 is 0. The lowest BCUT2D eigenvalue weighted by Gasteiger charge is -2.23. The maximum atomic E-state index is 2.52. The highest BCUT2D eigenvalue weighted by atomic mass is 14.4. The van der Waals surface area contributed by atoms with Gasteiger partial charge in [-0.3, -0.25) is 0 Å². The molecule has 0 saturated carbocycles. The van der Waals surface area contributed by atoms with Gasteiger partial charge in [0.2, 0.25) is 0 Å². The second kappa shape index (κ2) is 16.0. The van der Waals surface area contributed by atoms with Crippen molar-refractivity contribution in [3.63, 3.8) is 0 Å². The van der Waals surface area contributed by atoms with E-state index in [1.165, 1.54) is 153 Å². The Kier molecular flexibility index (Phi) is 9.11. The molecular weight excluding hydrogens is 877 g/mol. The Balaban J connectivity index is 1.01. The van der Waals surface area contributed by atoms with Crippen molar-refractivity contribution in [3.8, 4) is 66.8 Å². The molecule has 1 aliphatic rings. The van der Waals surface area contributed by atoms with Crippen molar-refractivity contribution < 1.29 is 0 Å². The van der Waals surface area contributed by atoms with Crippen molar-refractivity contribution >= 4 is 75.4 Å². The van der Waals surface area contributed by atoms with Gasteiger partial charge >= 0.3 is 0 Å². The van der Waals surface area contributed by atoms with Crippen molar-refractivity contribution in [2.24, 2.45) is 0 Å². The number of rotatable bonds is 5. The lowest BCUT2D eigenvalue weighted by Crippen LogP contribution is -2.14. The van der Waals surface area contributed by atoms with Gasteiger partial charge in [0.15, 0.2) is 0 Å². The second-order valence-electron chi connectivity index (χ2n) is 20.6. The molecule has 0 heteroatoms. The van der Waals surface area contributed by atoms with E-state index in [1.807, 2.05) is 0 Å². The second-order valence-corrected chi connectivity index (χ2v) is 20.6. The summed E-state index contributed by atoms with van der Waals surface area (Å²) < 4.78 is 0. The van der Waals surface area contributed by atoms with Crippen LogP contribution in [0.3, 0.4) is 0 Å². The van der Waals surface area contributed by atoms with Crippen LogP contribution in [0.1, 0.15) is 25.0 Å². The fourth-order valence-corrected chi connectivity index (χ4v) is 13.3. The SMILES string of the molecule is CC1(C)c2ccccc2-c2ccc(-c3ccccc3-c3c4ccccc4c(-c4cc5cc(-c6c7ccccc7c(-c7ccccc7)c7ccccc67)c6ccccc6c5c5ccccc45)c4ccccc34)cc21. The predicted octanol–water partition coefficient (Wildman–Crippen LogP) is 20.4. The van der Waals surface area contributed by atoms with E-state index in [1.54, 1.807) is 0 Å². The van der Waals surface area contributed by atoms with Gasteiger partial charge < -0.3 is 0 Å². The zero-order valence-corrected chi connectivity index (χ0v) is 40.7. The van der Waals surface area contributed by atoms with Crippen LogP contribution in [-0.4, -0.2) is 0 Å². The zero-order chi connectivity index (χ0) is 48.4. The molecule has 0 heterocycles. The minimum Gasteiger partial charge on any atom is -0.0622 e. The summed E-state index contributed by atoms with van der Waals surface area (Å²) in [5.41, 5.74) is 17.9. The molecule has 0 unspecified atom stereocenters. The summed E-state index contributed by atoms with van der Waals surface area (Å²) in [5.74, 6) is 0. The molecule has 0 fully saturated rings. The van der Waals surface area contributed by atoms with Gasteiger partial charge in [-0.05, 0) is 171 Å². The Bertz CT molecular complexity index is 4510. The fraction of sp³-hybridized carbons (Fsp3) is 0.0411. The van der Waals surface area contributed by atoms with Crippen molar-refractivity contribution in [1.29, 1.82) is 0 Å². The van der Waals surface area contributed by atoms with Gasteiger partial charge in [0, 0.05) is 5.41 Å². The summed E-state index contributed by atoms with van der Waals surface area (Å²) in [6.07, 6.45) is 0. The minimum absolute atomic E-state index is 0.0951. The number of hydrogen-bond acceptors (Lipinski definition) is 0. The van der Waals surface area contributed by atoms with Crippen LogP contribution >= 0.6 is 0 Å². The molecule has 0 spiro atoms. The summed E-state index contributed by atoms with van der Waals surface area (Å²) in [5, 5.41) is 17.6. The van der Waals surface area contributed by atoms with Crippen LogP contribution in [0.2, 0.25) is 0 Å². The van der Waals surface area contributed by atoms with Crippen molar-refractivity contribution in [3.05, 3.63) is 266 Å². The van der Waals surface area contributed by atoms with Gasteiger partial charge in [0.05, 0.1) is 0 Å². The molecule has 0 aliphatic heterocycles.